The van der Waals surface area contributed by atoms with E-state index in [1.165, 1.54) is 4.90 Å². The summed E-state index contributed by atoms with van der Waals surface area (Å²) in [5.41, 5.74) is 3.13. The molecule has 0 aliphatic carbocycles. The van der Waals surface area contributed by atoms with Crippen molar-refractivity contribution in [3.05, 3.63) is 24.3 Å². The lowest BCUT2D eigenvalue weighted by atomic mass is 10.2. The Morgan fingerprint density at radius 1 is 1.53 bits per heavy atom. The summed E-state index contributed by atoms with van der Waals surface area (Å²) >= 11 is 0. The number of benzene rings is 1. The van der Waals surface area contributed by atoms with E-state index in [-0.39, 0.29) is 5.91 Å². The van der Waals surface area contributed by atoms with Gasteiger partial charge in [-0.15, -0.1) is 0 Å². The van der Waals surface area contributed by atoms with E-state index >= 15 is 0 Å². The Balaban J connectivity index is 2.45. The predicted octanol–water partition coefficient (Wildman–Crippen LogP) is 0.924. The molecule has 1 atom stereocenters. The van der Waals surface area contributed by atoms with E-state index in [0.29, 0.717) is 11.4 Å². The summed E-state index contributed by atoms with van der Waals surface area (Å²) in [6.07, 6.45) is -0.886. The number of para-hydroxylation sites is 2. The number of ether oxygens (including phenoxy) is 1. The van der Waals surface area contributed by atoms with Crippen LogP contribution in [0.1, 0.15) is 6.92 Å². The second kappa shape index (κ2) is 4.58. The third-order valence-corrected chi connectivity index (χ3v) is 2.23. The van der Waals surface area contributed by atoms with E-state index in [9.17, 15) is 4.79 Å². The molecule has 17 heavy (non-hydrogen) atoms. The molecule has 0 bridgehead atoms. The summed E-state index contributed by atoms with van der Waals surface area (Å²) in [5.74, 6) is 2.96. The number of nitrogens with one attached hydrogen (secondary N) is 1. The summed E-state index contributed by atoms with van der Waals surface area (Å²) in [5, 5.41) is 3.46. The van der Waals surface area contributed by atoms with Crippen LogP contribution in [0.3, 0.4) is 0 Å². The van der Waals surface area contributed by atoms with E-state index in [0.717, 1.165) is 0 Å². The van der Waals surface area contributed by atoms with E-state index in [2.05, 4.69) is 29.2 Å². The SMILES string of the molecule is C=NNC1Oc2ccccc2N(C#CC)C1=O. The molecule has 1 amide bonds. The molecular formula is C12H11N3O2. The van der Waals surface area contributed by atoms with Crippen LogP contribution in [0.4, 0.5) is 5.69 Å². The summed E-state index contributed by atoms with van der Waals surface area (Å²) in [6, 6.07) is 9.91. The number of rotatable bonds is 2. The van der Waals surface area contributed by atoms with Crippen molar-refractivity contribution in [3.8, 4) is 17.7 Å². The van der Waals surface area contributed by atoms with Crippen LogP contribution in [0.15, 0.2) is 29.4 Å². The van der Waals surface area contributed by atoms with Gasteiger partial charge in [0.05, 0.1) is 5.69 Å². The summed E-state index contributed by atoms with van der Waals surface area (Å²) in [6.45, 7) is 4.93. The van der Waals surface area contributed by atoms with Gasteiger partial charge in [-0.05, 0) is 19.1 Å². The highest BCUT2D eigenvalue weighted by molar-refractivity contribution is 6.02. The minimum Gasteiger partial charge on any atom is -0.457 e. The maximum absolute atomic E-state index is 12.0. The summed E-state index contributed by atoms with van der Waals surface area (Å²) in [4.78, 5) is 13.4. The normalized spacial score (nSPS) is 17.4. The maximum atomic E-state index is 12.0. The molecule has 1 N–H and O–H groups in total. The largest absolute Gasteiger partial charge is 0.457 e. The van der Waals surface area contributed by atoms with Crippen molar-refractivity contribution in [2.24, 2.45) is 5.10 Å². The molecule has 5 nitrogen and oxygen atoms in total. The number of fused-ring (bicyclic) bond motifs is 1. The molecule has 86 valence electrons. The molecule has 1 aromatic carbocycles. The molecule has 0 radical (unpaired) electrons. The third-order valence-electron chi connectivity index (χ3n) is 2.23. The molecule has 1 unspecified atom stereocenters. The van der Waals surface area contributed by atoms with Crippen molar-refractivity contribution in [2.75, 3.05) is 4.90 Å². The fraction of sp³-hybridized carbons (Fsp3) is 0.167. The highest BCUT2D eigenvalue weighted by Gasteiger charge is 2.33. The van der Waals surface area contributed by atoms with E-state index in [1.54, 1.807) is 19.1 Å². The number of carbonyl (C=O) groups excluding carboxylic acids is 1. The second-order valence-electron chi connectivity index (χ2n) is 3.29. The zero-order valence-corrected chi connectivity index (χ0v) is 9.30. The van der Waals surface area contributed by atoms with Crippen LogP contribution in [0.25, 0.3) is 0 Å². The molecule has 5 heteroatoms. The monoisotopic (exact) mass is 229 g/mol. The number of hydrazone groups is 1. The van der Waals surface area contributed by atoms with Gasteiger partial charge >= 0.3 is 5.91 Å². The Kier molecular flexibility index (Phi) is 2.97. The van der Waals surface area contributed by atoms with E-state index < -0.39 is 6.23 Å². The van der Waals surface area contributed by atoms with Crippen LogP contribution in [0.2, 0.25) is 0 Å². The van der Waals surface area contributed by atoms with Crippen LogP contribution in [-0.4, -0.2) is 18.9 Å². The number of hydrogen-bond donors (Lipinski definition) is 1. The van der Waals surface area contributed by atoms with Gasteiger partial charge in [0.1, 0.15) is 5.75 Å². The Morgan fingerprint density at radius 2 is 2.29 bits per heavy atom. The van der Waals surface area contributed by atoms with Crippen LogP contribution in [0, 0.1) is 12.0 Å². The standard InChI is InChI=1S/C12H11N3O2/c1-3-8-15-9-6-4-5-7-10(9)17-11(12(15)16)14-13-2/h4-7,11,14H,2H2,1H3. The first-order valence-electron chi connectivity index (χ1n) is 5.01. The van der Waals surface area contributed by atoms with Crippen molar-refractivity contribution in [1.82, 2.24) is 5.43 Å². The first-order chi connectivity index (χ1) is 8.27. The lowest BCUT2D eigenvalue weighted by molar-refractivity contribution is -0.126. The maximum Gasteiger partial charge on any atom is 0.302 e. The quantitative estimate of drug-likeness (QED) is 0.466. The number of amides is 1. The molecule has 2 rings (SSSR count). The van der Waals surface area contributed by atoms with Gasteiger partial charge in [0.25, 0.3) is 6.23 Å². The highest BCUT2D eigenvalue weighted by atomic mass is 16.5. The van der Waals surface area contributed by atoms with Gasteiger partial charge in [0, 0.05) is 12.8 Å². The molecule has 1 aromatic rings. The summed E-state index contributed by atoms with van der Waals surface area (Å²) in [7, 11) is 0. The fourth-order valence-corrected chi connectivity index (χ4v) is 1.55. The Bertz CT molecular complexity index is 516. The molecule has 0 fully saturated rings. The van der Waals surface area contributed by atoms with Gasteiger partial charge in [-0.2, -0.15) is 5.10 Å². The van der Waals surface area contributed by atoms with Gasteiger partial charge in [0.15, 0.2) is 0 Å². The molecule has 0 spiro atoms. The first-order valence-corrected chi connectivity index (χ1v) is 5.01. The van der Waals surface area contributed by atoms with E-state index in [1.807, 2.05) is 12.1 Å². The van der Waals surface area contributed by atoms with Gasteiger partial charge in [0.2, 0.25) is 0 Å². The Labute approximate surface area is 99.1 Å². The molecule has 0 saturated heterocycles. The lowest BCUT2D eigenvalue weighted by Crippen LogP contribution is -2.49. The van der Waals surface area contributed by atoms with Gasteiger partial charge in [-0.3, -0.25) is 10.2 Å². The van der Waals surface area contributed by atoms with Crippen LogP contribution in [0.5, 0.6) is 5.75 Å². The van der Waals surface area contributed by atoms with E-state index in [4.69, 9.17) is 4.74 Å². The Hall–Kier alpha value is -2.48. The second-order valence-corrected chi connectivity index (χ2v) is 3.29. The first kappa shape index (κ1) is 11.0. The number of anilines is 1. The predicted molar refractivity (Wildman–Crippen MR) is 64.5 cm³/mol. The lowest BCUT2D eigenvalue weighted by Gasteiger charge is -2.29. The van der Waals surface area contributed by atoms with Crippen molar-refractivity contribution < 1.29 is 9.53 Å². The molecule has 1 aliphatic heterocycles. The van der Waals surface area contributed by atoms with Crippen LogP contribution < -0.4 is 15.1 Å². The topological polar surface area (TPSA) is 53.9 Å². The fourth-order valence-electron chi connectivity index (χ4n) is 1.55. The zero-order chi connectivity index (χ0) is 12.3. The molecule has 1 heterocycles. The molecule has 0 aromatic heterocycles. The van der Waals surface area contributed by atoms with Crippen LogP contribution >= 0.6 is 0 Å². The Morgan fingerprint density at radius 3 is 3.00 bits per heavy atom. The minimum atomic E-state index is -0.886. The van der Waals surface area contributed by atoms with Crippen molar-refractivity contribution >= 4 is 18.3 Å². The van der Waals surface area contributed by atoms with Crippen molar-refractivity contribution in [2.45, 2.75) is 13.2 Å². The van der Waals surface area contributed by atoms with Crippen molar-refractivity contribution in [3.63, 3.8) is 0 Å². The van der Waals surface area contributed by atoms with Gasteiger partial charge < -0.3 is 4.74 Å². The van der Waals surface area contributed by atoms with Gasteiger partial charge in [-0.1, -0.05) is 18.1 Å². The zero-order valence-electron chi connectivity index (χ0n) is 9.30. The van der Waals surface area contributed by atoms with Gasteiger partial charge in [-0.25, -0.2) is 4.90 Å². The number of hydrogen-bond acceptors (Lipinski definition) is 4. The van der Waals surface area contributed by atoms with Crippen molar-refractivity contribution in [1.29, 1.82) is 0 Å². The third kappa shape index (κ3) is 1.93. The smallest absolute Gasteiger partial charge is 0.302 e. The number of carbonyl (C=O) groups is 1. The molecule has 0 saturated carbocycles. The molecular weight excluding hydrogens is 218 g/mol. The number of nitrogens with zero attached hydrogens (tertiary/aromatic N) is 2. The summed E-state index contributed by atoms with van der Waals surface area (Å²) < 4.78 is 5.46. The molecule has 1 aliphatic rings. The highest BCUT2D eigenvalue weighted by Crippen LogP contribution is 2.32. The van der Waals surface area contributed by atoms with Crippen LogP contribution in [-0.2, 0) is 4.79 Å². The average molecular weight is 229 g/mol. The average Bonchev–Trinajstić information content (AvgIpc) is 2.35. The minimum absolute atomic E-state index is 0.314.